The van der Waals surface area contributed by atoms with Gasteiger partial charge in [-0.15, -0.1) is 0 Å². The Kier molecular flexibility index (Phi) is 4.36. The summed E-state index contributed by atoms with van der Waals surface area (Å²) in [6, 6.07) is 2.36. The maximum Gasteiger partial charge on any atom is 0.271 e. The molecule has 2 unspecified atom stereocenters. The number of carbonyl (C=O) groups is 1. The molecule has 88 valence electrons. The lowest BCUT2D eigenvalue weighted by atomic mass is 10.3. The van der Waals surface area contributed by atoms with E-state index in [1.165, 1.54) is 12.1 Å². The molecule has 0 aliphatic rings. The van der Waals surface area contributed by atoms with Crippen LogP contribution >= 0.6 is 0 Å². The van der Waals surface area contributed by atoms with Crippen molar-refractivity contribution in [3.63, 3.8) is 0 Å². The van der Waals surface area contributed by atoms with Crippen molar-refractivity contribution in [1.82, 2.24) is 15.5 Å². The lowest BCUT2D eigenvalue weighted by Gasteiger charge is -2.11. The second kappa shape index (κ2) is 5.55. The molecular weight excluding hydrogens is 230 g/mol. The van der Waals surface area contributed by atoms with Gasteiger partial charge in [0, 0.05) is 34.9 Å². The van der Waals surface area contributed by atoms with Crippen molar-refractivity contribution in [2.45, 2.75) is 13.0 Å². The van der Waals surface area contributed by atoms with E-state index in [0.29, 0.717) is 5.75 Å². The third-order valence-electron chi connectivity index (χ3n) is 1.77. The topological polar surface area (TPSA) is 91.9 Å². The van der Waals surface area contributed by atoms with Crippen molar-refractivity contribution in [1.29, 1.82) is 0 Å². The number of carbonyl (C=O) groups excluding carboxylic acids is 1. The van der Waals surface area contributed by atoms with Gasteiger partial charge in [-0.05, 0) is 13.0 Å². The van der Waals surface area contributed by atoms with E-state index < -0.39 is 16.7 Å². The number of rotatable bonds is 4. The van der Waals surface area contributed by atoms with E-state index >= 15 is 0 Å². The first kappa shape index (κ1) is 12.6. The van der Waals surface area contributed by atoms with Crippen molar-refractivity contribution in [2.75, 3.05) is 12.0 Å². The lowest BCUT2D eigenvalue weighted by Crippen LogP contribution is -2.37. The zero-order valence-corrected chi connectivity index (χ0v) is 9.84. The van der Waals surface area contributed by atoms with Gasteiger partial charge in [0.15, 0.2) is 0 Å². The van der Waals surface area contributed by atoms with E-state index in [2.05, 4.69) is 15.5 Å². The molecule has 0 aliphatic carbocycles. The molecular formula is C9H13N3O3S. The summed E-state index contributed by atoms with van der Waals surface area (Å²) in [5.74, 6) is -0.0102. The van der Waals surface area contributed by atoms with Gasteiger partial charge in [-0.25, -0.2) is 5.10 Å². The standard InChI is InChI=1S/C9H13N3O3S/c1-6(5-16(2)15)10-9(14)7-3-4-8(13)12-11-7/h3-4,6H,5H2,1-2H3,(H,10,14)(H,12,13). The first-order valence-electron chi connectivity index (χ1n) is 4.65. The Hall–Kier alpha value is -1.50. The quantitative estimate of drug-likeness (QED) is 0.729. The fourth-order valence-corrected chi connectivity index (χ4v) is 1.95. The van der Waals surface area contributed by atoms with Crippen LogP contribution in [-0.4, -0.2) is 38.4 Å². The minimum absolute atomic E-state index is 0.133. The maximum atomic E-state index is 11.6. The molecule has 0 bridgehead atoms. The molecule has 7 heteroatoms. The second-order valence-electron chi connectivity index (χ2n) is 3.42. The summed E-state index contributed by atoms with van der Waals surface area (Å²) < 4.78 is 10.9. The summed E-state index contributed by atoms with van der Waals surface area (Å²) in [6.07, 6.45) is 1.57. The van der Waals surface area contributed by atoms with Gasteiger partial charge < -0.3 is 5.32 Å². The fraction of sp³-hybridized carbons (Fsp3) is 0.444. The smallest absolute Gasteiger partial charge is 0.271 e. The second-order valence-corrected chi connectivity index (χ2v) is 4.90. The van der Waals surface area contributed by atoms with Gasteiger partial charge >= 0.3 is 0 Å². The largest absolute Gasteiger partial charge is 0.347 e. The highest BCUT2D eigenvalue weighted by atomic mass is 32.2. The molecule has 16 heavy (non-hydrogen) atoms. The van der Waals surface area contributed by atoms with Crippen LogP contribution < -0.4 is 10.9 Å². The van der Waals surface area contributed by atoms with Crippen LogP contribution in [0.15, 0.2) is 16.9 Å². The summed E-state index contributed by atoms with van der Waals surface area (Å²) in [5.41, 5.74) is -0.229. The van der Waals surface area contributed by atoms with Crippen LogP contribution in [0.1, 0.15) is 17.4 Å². The summed E-state index contributed by atoms with van der Waals surface area (Å²) in [4.78, 5) is 22.3. The molecule has 6 nitrogen and oxygen atoms in total. The first-order valence-corrected chi connectivity index (χ1v) is 6.38. The van der Waals surface area contributed by atoms with E-state index in [4.69, 9.17) is 0 Å². The van der Waals surface area contributed by atoms with Gasteiger partial charge in [-0.1, -0.05) is 0 Å². The highest BCUT2D eigenvalue weighted by molar-refractivity contribution is 7.84. The molecule has 0 aromatic carbocycles. The van der Waals surface area contributed by atoms with Crippen molar-refractivity contribution in [2.24, 2.45) is 0 Å². The van der Waals surface area contributed by atoms with Crippen molar-refractivity contribution >= 4 is 16.7 Å². The minimum Gasteiger partial charge on any atom is -0.347 e. The van der Waals surface area contributed by atoms with Crippen LogP contribution in [0.5, 0.6) is 0 Å². The molecule has 0 aliphatic heterocycles. The Morgan fingerprint density at radius 2 is 2.31 bits per heavy atom. The first-order chi connectivity index (χ1) is 7.49. The van der Waals surface area contributed by atoms with E-state index in [9.17, 15) is 13.8 Å². The van der Waals surface area contributed by atoms with Gasteiger partial charge in [-0.2, -0.15) is 5.10 Å². The maximum absolute atomic E-state index is 11.6. The summed E-state index contributed by atoms with van der Waals surface area (Å²) in [7, 11) is -0.965. The highest BCUT2D eigenvalue weighted by Crippen LogP contribution is 1.92. The van der Waals surface area contributed by atoms with E-state index in [0.717, 1.165) is 0 Å². The number of hydrogen-bond donors (Lipinski definition) is 2. The normalized spacial score (nSPS) is 14.1. The van der Waals surface area contributed by atoms with Gasteiger partial charge in [0.25, 0.3) is 11.5 Å². The number of hydrogen-bond acceptors (Lipinski definition) is 4. The van der Waals surface area contributed by atoms with Crippen LogP contribution in [0.25, 0.3) is 0 Å². The molecule has 0 fully saturated rings. The summed E-state index contributed by atoms with van der Waals surface area (Å²) in [5, 5.41) is 8.38. The van der Waals surface area contributed by atoms with Crippen LogP contribution in [0.3, 0.4) is 0 Å². The van der Waals surface area contributed by atoms with E-state index in [-0.39, 0.29) is 17.3 Å². The summed E-state index contributed by atoms with van der Waals surface area (Å²) >= 11 is 0. The molecule has 2 atom stereocenters. The Labute approximate surface area is 94.9 Å². The zero-order chi connectivity index (χ0) is 12.1. The number of nitrogens with one attached hydrogen (secondary N) is 2. The lowest BCUT2D eigenvalue weighted by molar-refractivity contribution is 0.0937. The molecule has 0 saturated carbocycles. The van der Waals surface area contributed by atoms with Crippen molar-refractivity contribution in [3.05, 3.63) is 28.2 Å². The number of H-pyrrole nitrogens is 1. The number of amides is 1. The molecule has 1 aromatic rings. The third kappa shape index (κ3) is 3.93. The predicted molar refractivity (Wildman–Crippen MR) is 60.7 cm³/mol. The third-order valence-corrected chi connectivity index (χ3v) is 2.74. The van der Waals surface area contributed by atoms with E-state index in [1.54, 1.807) is 13.2 Å². The van der Waals surface area contributed by atoms with Gasteiger partial charge in [0.05, 0.1) is 0 Å². The Balaban J connectivity index is 2.62. The average Bonchev–Trinajstić information content (AvgIpc) is 2.16. The zero-order valence-electron chi connectivity index (χ0n) is 9.02. The highest BCUT2D eigenvalue weighted by Gasteiger charge is 2.11. The monoisotopic (exact) mass is 243 g/mol. The SMILES string of the molecule is CC(CS(C)=O)NC(=O)c1ccc(=O)[nH]n1. The fourth-order valence-electron chi connectivity index (χ4n) is 1.16. The van der Waals surface area contributed by atoms with Gasteiger partial charge in [-0.3, -0.25) is 13.8 Å². The molecule has 0 saturated heterocycles. The molecule has 1 rings (SSSR count). The van der Waals surface area contributed by atoms with Gasteiger partial charge in [0.2, 0.25) is 0 Å². The van der Waals surface area contributed by atoms with Crippen molar-refractivity contribution < 1.29 is 9.00 Å². The van der Waals surface area contributed by atoms with E-state index in [1.807, 2.05) is 0 Å². The molecule has 1 heterocycles. The van der Waals surface area contributed by atoms with Crippen LogP contribution in [0.4, 0.5) is 0 Å². The molecule has 0 spiro atoms. The molecule has 0 radical (unpaired) electrons. The average molecular weight is 243 g/mol. The van der Waals surface area contributed by atoms with Crippen molar-refractivity contribution in [3.8, 4) is 0 Å². The summed E-state index contributed by atoms with van der Waals surface area (Å²) in [6.45, 7) is 1.75. The Bertz CT molecular complexity index is 437. The van der Waals surface area contributed by atoms with Gasteiger partial charge in [0.1, 0.15) is 5.69 Å². The minimum atomic E-state index is -0.965. The number of aromatic amines is 1. The van der Waals surface area contributed by atoms with Crippen LogP contribution in [-0.2, 0) is 10.8 Å². The predicted octanol–water partition coefficient (Wildman–Crippen LogP) is -0.733. The number of nitrogens with zero attached hydrogens (tertiary/aromatic N) is 1. The number of aromatic nitrogens is 2. The van der Waals surface area contributed by atoms with Crippen LogP contribution in [0.2, 0.25) is 0 Å². The molecule has 1 amide bonds. The molecule has 2 N–H and O–H groups in total. The van der Waals surface area contributed by atoms with Crippen LogP contribution in [0, 0.1) is 0 Å². The molecule has 1 aromatic heterocycles. The Morgan fingerprint density at radius 1 is 1.62 bits per heavy atom. The Morgan fingerprint density at radius 3 is 2.81 bits per heavy atom.